The molecule has 0 radical (unpaired) electrons. The van der Waals surface area contributed by atoms with Crippen LogP contribution in [0.15, 0.2) is 67.0 Å². The lowest BCUT2D eigenvalue weighted by Crippen LogP contribution is -2.50. The molecule has 2 amide bonds. The fraction of sp³-hybridized carbons (Fsp3) is 0.250. The van der Waals surface area contributed by atoms with Crippen molar-refractivity contribution in [1.29, 1.82) is 0 Å². The number of carbonyl (C=O) groups excluding carboxylic acids is 2. The average molecular weight is 415 g/mol. The summed E-state index contributed by atoms with van der Waals surface area (Å²) < 4.78 is 0. The van der Waals surface area contributed by atoms with Gasteiger partial charge in [0.2, 0.25) is 5.91 Å². The van der Waals surface area contributed by atoms with Crippen LogP contribution < -0.4 is 15.5 Å². The lowest BCUT2D eigenvalue weighted by molar-refractivity contribution is -0.127. The Morgan fingerprint density at radius 1 is 1.00 bits per heavy atom. The Labute approximate surface area is 181 Å². The summed E-state index contributed by atoms with van der Waals surface area (Å²) in [5, 5.41) is 6.49. The first-order valence-electron chi connectivity index (χ1n) is 10.4. The van der Waals surface area contributed by atoms with Crippen molar-refractivity contribution in [2.45, 2.75) is 32.2 Å². The molecule has 0 spiro atoms. The molecule has 3 heterocycles. The zero-order valence-corrected chi connectivity index (χ0v) is 17.4. The van der Waals surface area contributed by atoms with Gasteiger partial charge < -0.3 is 10.6 Å². The molecule has 0 saturated carbocycles. The molecule has 1 aliphatic heterocycles. The number of piperidine rings is 1. The molecule has 1 fully saturated rings. The summed E-state index contributed by atoms with van der Waals surface area (Å²) in [6.45, 7) is 2.17. The van der Waals surface area contributed by atoms with Gasteiger partial charge in [0.25, 0.3) is 5.91 Å². The van der Waals surface area contributed by atoms with Crippen molar-refractivity contribution in [1.82, 2.24) is 15.3 Å². The molecule has 1 aliphatic rings. The minimum Gasteiger partial charge on any atom is -0.340 e. The standard InChI is InChI=1S/C24H25N5O2/c1-17(30)29(24(31)21-9-5-6-12-25-21)23-16-19(11-14-27-23)18-10-13-26-22(15-18)28-20-7-3-2-4-8-20/h2-4,7-8,10-11,13-16,21,25H,5-6,9,12H2,1H3,(H,26,28). The van der Waals surface area contributed by atoms with Gasteiger partial charge in [-0.3, -0.25) is 9.59 Å². The lowest BCUT2D eigenvalue weighted by atomic mass is 10.0. The van der Waals surface area contributed by atoms with Crippen molar-refractivity contribution < 1.29 is 9.59 Å². The number of imide groups is 1. The predicted octanol–water partition coefficient (Wildman–Crippen LogP) is 3.91. The molecular formula is C24H25N5O2. The number of pyridine rings is 2. The van der Waals surface area contributed by atoms with E-state index in [2.05, 4.69) is 20.6 Å². The molecule has 1 unspecified atom stereocenters. The number of carbonyl (C=O) groups is 2. The summed E-state index contributed by atoms with van der Waals surface area (Å²) in [6, 6.07) is 16.9. The van der Waals surface area contributed by atoms with E-state index in [-0.39, 0.29) is 17.9 Å². The minimum absolute atomic E-state index is 0.252. The van der Waals surface area contributed by atoms with Crippen molar-refractivity contribution in [2.24, 2.45) is 0 Å². The Bertz CT molecular complexity index is 1060. The van der Waals surface area contributed by atoms with E-state index in [1.165, 1.54) is 11.8 Å². The van der Waals surface area contributed by atoms with E-state index >= 15 is 0 Å². The number of hydrogen-bond acceptors (Lipinski definition) is 6. The van der Waals surface area contributed by atoms with E-state index < -0.39 is 0 Å². The second-order valence-corrected chi connectivity index (χ2v) is 7.52. The minimum atomic E-state index is -0.356. The van der Waals surface area contributed by atoms with E-state index in [0.717, 1.165) is 42.6 Å². The van der Waals surface area contributed by atoms with Crippen LogP contribution in [0, 0.1) is 0 Å². The third-order valence-corrected chi connectivity index (χ3v) is 5.26. The van der Waals surface area contributed by atoms with Gasteiger partial charge in [0, 0.05) is 25.0 Å². The van der Waals surface area contributed by atoms with Gasteiger partial charge in [-0.05, 0) is 66.9 Å². The van der Waals surface area contributed by atoms with E-state index in [9.17, 15) is 9.59 Å². The van der Waals surface area contributed by atoms with Crippen LogP contribution in [-0.2, 0) is 9.59 Å². The van der Waals surface area contributed by atoms with Gasteiger partial charge in [-0.2, -0.15) is 0 Å². The molecule has 1 atom stereocenters. The summed E-state index contributed by atoms with van der Waals surface area (Å²) in [5.41, 5.74) is 2.69. The van der Waals surface area contributed by atoms with Crippen molar-refractivity contribution in [3.63, 3.8) is 0 Å². The number of aromatic nitrogens is 2. The highest BCUT2D eigenvalue weighted by Gasteiger charge is 2.30. The van der Waals surface area contributed by atoms with Crippen molar-refractivity contribution in [3.05, 3.63) is 67.0 Å². The quantitative estimate of drug-likeness (QED) is 0.657. The first-order chi connectivity index (χ1) is 15.1. The van der Waals surface area contributed by atoms with Gasteiger partial charge in [-0.1, -0.05) is 24.6 Å². The highest BCUT2D eigenvalue weighted by atomic mass is 16.2. The molecule has 0 aliphatic carbocycles. The molecule has 1 aromatic carbocycles. The summed E-state index contributed by atoms with van der Waals surface area (Å²) in [6.07, 6.45) is 6.07. The molecule has 2 N–H and O–H groups in total. The first kappa shape index (κ1) is 20.7. The number of hydrogen-bond donors (Lipinski definition) is 2. The fourth-order valence-electron chi connectivity index (χ4n) is 3.72. The second kappa shape index (κ2) is 9.49. The molecule has 3 aromatic rings. The van der Waals surface area contributed by atoms with Crippen molar-refractivity contribution in [3.8, 4) is 11.1 Å². The van der Waals surface area contributed by atoms with Crippen LogP contribution in [0.25, 0.3) is 11.1 Å². The Hall–Kier alpha value is -3.58. The summed E-state index contributed by atoms with van der Waals surface area (Å²) in [7, 11) is 0. The smallest absolute Gasteiger partial charge is 0.252 e. The largest absolute Gasteiger partial charge is 0.340 e. The molecule has 0 bridgehead atoms. The van der Waals surface area contributed by atoms with Crippen LogP contribution in [0.4, 0.5) is 17.3 Å². The monoisotopic (exact) mass is 415 g/mol. The van der Waals surface area contributed by atoms with E-state index in [1.807, 2.05) is 48.5 Å². The molecule has 7 nitrogen and oxygen atoms in total. The summed E-state index contributed by atoms with van der Waals surface area (Å²) in [4.78, 5) is 35.3. The Balaban J connectivity index is 1.60. The second-order valence-electron chi connectivity index (χ2n) is 7.52. The lowest BCUT2D eigenvalue weighted by Gasteiger charge is -2.27. The number of para-hydroxylation sites is 1. The average Bonchev–Trinajstić information content (AvgIpc) is 2.80. The van der Waals surface area contributed by atoms with Crippen LogP contribution in [-0.4, -0.2) is 34.4 Å². The van der Waals surface area contributed by atoms with Gasteiger partial charge in [0.1, 0.15) is 11.6 Å². The van der Waals surface area contributed by atoms with Crippen LogP contribution in [0.1, 0.15) is 26.2 Å². The molecule has 1 saturated heterocycles. The molecular weight excluding hydrogens is 390 g/mol. The van der Waals surface area contributed by atoms with Gasteiger partial charge in [-0.25, -0.2) is 14.9 Å². The van der Waals surface area contributed by atoms with Crippen LogP contribution >= 0.6 is 0 Å². The van der Waals surface area contributed by atoms with E-state index in [1.54, 1.807) is 18.5 Å². The maximum atomic E-state index is 13.0. The first-order valence-corrected chi connectivity index (χ1v) is 10.4. The van der Waals surface area contributed by atoms with Gasteiger partial charge in [0.05, 0.1) is 6.04 Å². The van der Waals surface area contributed by atoms with Gasteiger partial charge >= 0.3 is 0 Å². The molecule has 7 heteroatoms. The van der Waals surface area contributed by atoms with Crippen LogP contribution in [0.3, 0.4) is 0 Å². The van der Waals surface area contributed by atoms with Crippen molar-refractivity contribution in [2.75, 3.05) is 16.8 Å². The fourth-order valence-corrected chi connectivity index (χ4v) is 3.72. The summed E-state index contributed by atoms with van der Waals surface area (Å²) >= 11 is 0. The summed E-state index contributed by atoms with van der Waals surface area (Å²) in [5.74, 6) is 0.436. The zero-order chi connectivity index (χ0) is 21.6. The van der Waals surface area contributed by atoms with E-state index in [4.69, 9.17) is 0 Å². The highest BCUT2D eigenvalue weighted by Crippen LogP contribution is 2.26. The SMILES string of the molecule is CC(=O)N(C(=O)C1CCCCN1)c1cc(-c2ccnc(Nc3ccccc3)c2)ccn1. The molecule has 2 aromatic heterocycles. The normalized spacial score (nSPS) is 15.8. The maximum Gasteiger partial charge on any atom is 0.252 e. The van der Waals surface area contributed by atoms with Crippen LogP contribution in [0.5, 0.6) is 0 Å². The Morgan fingerprint density at radius 2 is 1.74 bits per heavy atom. The van der Waals surface area contributed by atoms with Crippen molar-refractivity contribution >= 4 is 29.1 Å². The number of nitrogens with zero attached hydrogens (tertiary/aromatic N) is 3. The van der Waals surface area contributed by atoms with Gasteiger partial charge in [0.15, 0.2) is 0 Å². The molecule has 31 heavy (non-hydrogen) atoms. The molecule has 158 valence electrons. The maximum absolute atomic E-state index is 13.0. The van der Waals surface area contributed by atoms with E-state index in [0.29, 0.717) is 11.6 Å². The Kier molecular flexibility index (Phi) is 6.33. The topological polar surface area (TPSA) is 87.2 Å². The van der Waals surface area contributed by atoms with Gasteiger partial charge in [-0.15, -0.1) is 0 Å². The number of amides is 2. The number of benzene rings is 1. The highest BCUT2D eigenvalue weighted by molar-refractivity contribution is 6.15. The number of nitrogens with one attached hydrogen (secondary N) is 2. The Morgan fingerprint density at radius 3 is 2.45 bits per heavy atom. The number of rotatable bonds is 5. The van der Waals surface area contributed by atoms with Crippen LogP contribution in [0.2, 0.25) is 0 Å². The number of anilines is 3. The predicted molar refractivity (Wildman–Crippen MR) is 121 cm³/mol. The third-order valence-electron chi connectivity index (χ3n) is 5.26. The zero-order valence-electron chi connectivity index (χ0n) is 17.4. The molecule has 4 rings (SSSR count). The third kappa shape index (κ3) is 4.95.